The summed E-state index contributed by atoms with van der Waals surface area (Å²) in [4.78, 5) is 0. The number of rotatable bonds is 3. The highest BCUT2D eigenvalue weighted by Gasteiger charge is 2.18. The summed E-state index contributed by atoms with van der Waals surface area (Å²) in [6.07, 6.45) is 1.92. The summed E-state index contributed by atoms with van der Waals surface area (Å²) >= 11 is 0. The topological polar surface area (TPSA) is 27.7 Å². The van der Waals surface area contributed by atoms with Gasteiger partial charge in [0, 0.05) is 6.42 Å². The van der Waals surface area contributed by atoms with Crippen LogP contribution >= 0.6 is 0 Å². The molecule has 1 aliphatic heterocycles. The third-order valence-corrected chi connectivity index (χ3v) is 2.22. The van der Waals surface area contributed by atoms with Gasteiger partial charge in [-0.25, -0.2) is 0 Å². The number of methoxy groups -OCH3 is 1. The minimum Gasteiger partial charge on any atom is -0.493 e. The van der Waals surface area contributed by atoms with Crippen molar-refractivity contribution in [3.05, 3.63) is 24.3 Å². The second-order valence-corrected chi connectivity index (χ2v) is 3.21. The van der Waals surface area contributed by atoms with Gasteiger partial charge in [-0.05, 0) is 18.6 Å². The van der Waals surface area contributed by atoms with E-state index in [9.17, 15) is 0 Å². The van der Waals surface area contributed by atoms with E-state index >= 15 is 0 Å². The van der Waals surface area contributed by atoms with Crippen LogP contribution in [0.5, 0.6) is 11.5 Å². The SMILES string of the molecule is COc1ccccc1OC1CCCO1. The van der Waals surface area contributed by atoms with E-state index in [1.165, 1.54) is 0 Å². The Labute approximate surface area is 83.6 Å². The summed E-state index contributed by atoms with van der Waals surface area (Å²) in [7, 11) is 1.64. The number of benzene rings is 1. The molecule has 0 saturated carbocycles. The zero-order chi connectivity index (χ0) is 9.80. The molecule has 2 rings (SSSR count). The molecule has 0 amide bonds. The highest BCUT2D eigenvalue weighted by atomic mass is 16.7. The molecule has 1 saturated heterocycles. The van der Waals surface area contributed by atoms with Gasteiger partial charge in [0.2, 0.25) is 0 Å². The highest BCUT2D eigenvalue weighted by molar-refractivity contribution is 5.39. The van der Waals surface area contributed by atoms with E-state index in [1.54, 1.807) is 7.11 Å². The predicted molar refractivity (Wildman–Crippen MR) is 52.6 cm³/mol. The molecule has 1 aromatic rings. The summed E-state index contributed by atoms with van der Waals surface area (Å²) in [6.45, 7) is 0.791. The molecular weight excluding hydrogens is 180 g/mol. The first-order valence-electron chi connectivity index (χ1n) is 4.81. The third-order valence-electron chi connectivity index (χ3n) is 2.22. The first-order valence-corrected chi connectivity index (χ1v) is 4.81. The maximum absolute atomic E-state index is 5.65. The van der Waals surface area contributed by atoms with Crippen molar-refractivity contribution < 1.29 is 14.2 Å². The average molecular weight is 194 g/mol. The Morgan fingerprint density at radius 3 is 2.71 bits per heavy atom. The maximum atomic E-state index is 5.65. The van der Waals surface area contributed by atoms with Gasteiger partial charge in [0.1, 0.15) is 0 Å². The molecule has 0 aromatic heterocycles. The van der Waals surface area contributed by atoms with Crippen molar-refractivity contribution in [3.8, 4) is 11.5 Å². The lowest BCUT2D eigenvalue weighted by Crippen LogP contribution is -2.14. The quantitative estimate of drug-likeness (QED) is 0.738. The molecule has 1 aliphatic rings. The van der Waals surface area contributed by atoms with E-state index in [2.05, 4.69) is 0 Å². The van der Waals surface area contributed by atoms with E-state index in [0.29, 0.717) is 0 Å². The standard InChI is InChI=1S/C11H14O3/c1-12-9-5-2-3-6-10(9)14-11-7-4-8-13-11/h2-3,5-6,11H,4,7-8H2,1H3. The van der Waals surface area contributed by atoms with Gasteiger partial charge < -0.3 is 14.2 Å². The highest BCUT2D eigenvalue weighted by Crippen LogP contribution is 2.28. The fourth-order valence-corrected chi connectivity index (χ4v) is 1.50. The van der Waals surface area contributed by atoms with Crippen LogP contribution in [-0.4, -0.2) is 20.0 Å². The van der Waals surface area contributed by atoms with Crippen molar-refractivity contribution in [2.24, 2.45) is 0 Å². The maximum Gasteiger partial charge on any atom is 0.200 e. The van der Waals surface area contributed by atoms with E-state index in [1.807, 2.05) is 24.3 Å². The molecule has 0 aliphatic carbocycles. The summed E-state index contributed by atoms with van der Waals surface area (Å²) in [5, 5.41) is 0. The van der Waals surface area contributed by atoms with Gasteiger partial charge in [-0.3, -0.25) is 0 Å². The van der Waals surface area contributed by atoms with E-state index in [0.717, 1.165) is 30.9 Å². The Morgan fingerprint density at radius 2 is 2.07 bits per heavy atom. The van der Waals surface area contributed by atoms with Crippen LogP contribution in [0.4, 0.5) is 0 Å². The second-order valence-electron chi connectivity index (χ2n) is 3.21. The van der Waals surface area contributed by atoms with Crippen LogP contribution in [0.25, 0.3) is 0 Å². The van der Waals surface area contributed by atoms with Gasteiger partial charge in [0.05, 0.1) is 13.7 Å². The molecule has 0 bridgehead atoms. The van der Waals surface area contributed by atoms with Crippen molar-refractivity contribution in [2.45, 2.75) is 19.1 Å². The van der Waals surface area contributed by atoms with Crippen molar-refractivity contribution in [1.29, 1.82) is 0 Å². The summed E-state index contributed by atoms with van der Waals surface area (Å²) < 4.78 is 16.2. The number of hydrogen-bond acceptors (Lipinski definition) is 3. The Hall–Kier alpha value is -1.22. The molecule has 14 heavy (non-hydrogen) atoms. The van der Waals surface area contributed by atoms with Crippen molar-refractivity contribution in [3.63, 3.8) is 0 Å². The minimum absolute atomic E-state index is 0.105. The molecule has 3 heteroatoms. The molecule has 0 spiro atoms. The number of hydrogen-bond donors (Lipinski definition) is 0. The molecular formula is C11H14O3. The Balaban J connectivity index is 2.07. The fraction of sp³-hybridized carbons (Fsp3) is 0.455. The van der Waals surface area contributed by atoms with Crippen molar-refractivity contribution in [2.75, 3.05) is 13.7 Å². The fourth-order valence-electron chi connectivity index (χ4n) is 1.50. The van der Waals surface area contributed by atoms with Gasteiger partial charge in [0.15, 0.2) is 17.8 Å². The first-order chi connectivity index (χ1) is 6.90. The Morgan fingerprint density at radius 1 is 1.29 bits per heavy atom. The van der Waals surface area contributed by atoms with Crippen LogP contribution in [0, 0.1) is 0 Å². The van der Waals surface area contributed by atoms with Crippen molar-refractivity contribution >= 4 is 0 Å². The summed E-state index contributed by atoms with van der Waals surface area (Å²) in [5.41, 5.74) is 0. The smallest absolute Gasteiger partial charge is 0.200 e. The zero-order valence-electron chi connectivity index (χ0n) is 8.23. The number of ether oxygens (including phenoxy) is 3. The lowest BCUT2D eigenvalue weighted by molar-refractivity contribution is -0.0402. The van der Waals surface area contributed by atoms with Crippen LogP contribution in [-0.2, 0) is 4.74 Å². The Kier molecular flexibility index (Phi) is 2.89. The van der Waals surface area contributed by atoms with Gasteiger partial charge >= 0.3 is 0 Å². The largest absolute Gasteiger partial charge is 0.493 e. The predicted octanol–water partition coefficient (Wildman–Crippen LogP) is 2.21. The van der Waals surface area contributed by atoms with Gasteiger partial charge in [-0.1, -0.05) is 12.1 Å². The van der Waals surface area contributed by atoms with E-state index in [4.69, 9.17) is 14.2 Å². The van der Waals surface area contributed by atoms with E-state index in [-0.39, 0.29) is 6.29 Å². The van der Waals surface area contributed by atoms with Crippen LogP contribution in [0.2, 0.25) is 0 Å². The van der Waals surface area contributed by atoms with Crippen LogP contribution < -0.4 is 9.47 Å². The molecule has 0 radical (unpaired) electrons. The molecule has 1 aromatic carbocycles. The molecule has 1 heterocycles. The zero-order valence-corrected chi connectivity index (χ0v) is 8.23. The first kappa shape index (κ1) is 9.34. The van der Waals surface area contributed by atoms with Crippen LogP contribution in [0.3, 0.4) is 0 Å². The summed E-state index contributed by atoms with van der Waals surface area (Å²) in [5.74, 6) is 1.50. The summed E-state index contributed by atoms with van der Waals surface area (Å²) in [6, 6.07) is 7.61. The van der Waals surface area contributed by atoms with E-state index < -0.39 is 0 Å². The third kappa shape index (κ3) is 1.99. The monoisotopic (exact) mass is 194 g/mol. The van der Waals surface area contributed by atoms with Crippen LogP contribution in [0.15, 0.2) is 24.3 Å². The second kappa shape index (κ2) is 4.33. The molecule has 1 fully saturated rings. The van der Waals surface area contributed by atoms with Gasteiger partial charge in [-0.2, -0.15) is 0 Å². The molecule has 1 unspecified atom stereocenters. The average Bonchev–Trinajstić information content (AvgIpc) is 2.71. The van der Waals surface area contributed by atoms with Gasteiger partial charge in [0.25, 0.3) is 0 Å². The molecule has 76 valence electrons. The molecule has 3 nitrogen and oxygen atoms in total. The lowest BCUT2D eigenvalue weighted by Gasteiger charge is -2.14. The minimum atomic E-state index is -0.105. The molecule has 1 atom stereocenters. The normalized spacial score (nSPS) is 20.8. The van der Waals surface area contributed by atoms with Gasteiger partial charge in [-0.15, -0.1) is 0 Å². The lowest BCUT2D eigenvalue weighted by atomic mass is 10.3. The molecule has 0 N–H and O–H groups in total. The number of para-hydroxylation sites is 2. The van der Waals surface area contributed by atoms with Crippen molar-refractivity contribution in [1.82, 2.24) is 0 Å². The Bertz CT molecular complexity index is 292. The van der Waals surface area contributed by atoms with Crippen LogP contribution in [0.1, 0.15) is 12.8 Å².